The van der Waals surface area contributed by atoms with Crippen LogP contribution in [0.1, 0.15) is 46.2 Å². The fourth-order valence-corrected chi connectivity index (χ4v) is 9.36. The smallest absolute Gasteiger partial charge is 0.143 e. The monoisotopic (exact) mass is 662 g/mol. The molecule has 1 heterocycles. The zero-order valence-corrected chi connectivity index (χ0v) is 28.8. The Kier molecular flexibility index (Phi) is 6.22. The molecule has 1 heteroatoms. The first-order valence-electron chi connectivity index (χ1n) is 18.2. The highest BCUT2D eigenvalue weighted by Gasteiger charge is 2.51. The van der Waals surface area contributed by atoms with Gasteiger partial charge in [-0.1, -0.05) is 177 Å². The maximum atomic E-state index is 6.33. The SMILES string of the molecule is CC(c1ccc(-c2ccc3c(c2)C2(c4ccccc4-c4ccccc42)c2ccccc2-3)cc1)c1ccc(-c2cccc3c2oc2ccccc23)cc1. The van der Waals surface area contributed by atoms with E-state index >= 15 is 0 Å². The van der Waals surface area contributed by atoms with E-state index in [0.717, 1.165) is 27.5 Å². The van der Waals surface area contributed by atoms with Gasteiger partial charge in [-0.15, -0.1) is 0 Å². The van der Waals surface area contributed by atoms with E-state index in [1.807, 2.05) is 12.1 Å². The minimum Gasteiger partial charge on any atom is -0.455 e. The highest BCUT2D eigenvalue weighted by molar-refractivity contribution is 6.09. The van der Waals surface area contributed by atoms with Gasteiger partial charge in [0.1, 0.15) is 11.2 Å². The summed E-state index contributed by atoms with van der Waals surface area (Å²) in [5, 5.41) is 2.32. The summed E-state index contributed by atoms with van der Waals surface area (Å²) < 4.78 is 6.33. The van der Waals surface area contributed by atoms with Crippen LogP contribution >= 0.6 is 0 Å². The van der Waals surface area contributed by atoms with Crippen molar-refractivity contribution in [2.45, 2.75) is 18.3 Å². The van der Waals surface area contributed by atoms with Gasteiger partial charge in [-0.2, -0.15) is 0 Å². The Hall–Kier alpha value is -6.44. The van der Waals surface area contributed by atoms with E-state index in [-0.39, 0.29) is 11.3 Å². The molecule has 1 nitrogen and oxygen atoms in total. The van der Waals surface area contributed by atoms with Gasteiger partial charge in [0.15, 0.2) is 0 Å². The van der Waals surface area contributed by atoms with Crippen molar-refractivity contribution >= 4 is 21.9 Å². The van der Waals surface area contributed by atoms with Crippen LogP contribution in [0.15, 0.2) is 186 Å². The molecule has 52 heavy (non-hydrogen) atoms. The number of fused-ring (bicyclic) bond motifs is 13. The van der Waals surface area contributed by atoms with Crippen LogP contribution in [0.3, 0.4) is 0 Å². The molecule has 1 spiro atoms. The molecule has 0 N–H and O–H groups in total. The summed E-state index contributed by atoms with van der Waals surface area (Å²) in [7, 11) is 0. The molecule has 0 saturated heterocycles. The molecule has 244 valence electrons. The molecule has 9 aromatic rings. The maximum Gasteiger partial charge on any atom is 0.143 e. The lowest BCUT2D eigenvalue weighted by molar-refractivity contribution is 0.670. The summed E-state index contributed by atoms with van der Waals surface area (Å²) in [4.78, 5) is 0. The second kappa shape index (κ2) is 11.0. The Morgan fingerprint density at radius 3 is 1.50 bits per heavy atom. The van der Waals surface area contributed by atoms with Gasteiger partial charge in [0.05, 0.1) is 5.41 Å². The third-order valence-electron chi connectivity index (χ3n) is 11.9. The predicted molar refractivity (Wildman–Crippen MR) is 215 cm³/mol. The summed E-state index contributed by atoms with van der Waals surface area (Å²) in [5.74, 6) is 0.259. The van der Waals surface area contributed by atoms with Gasteiger partial charge in [0, 0.05) is 22.3 Å². The topological polar surface area (TPSA) is 13.1 Å². The summed E-state index contributed by atoms with van der Waals surface area (Å²) >= 11 is 0. The molecule has 11 rings (SSSR count). The van der Waals surface area contributed by atoms with Crippen molar-refractivity contribution < 1.29 is 4.42 Å². The van der Waals surface area contributed by atoms with Crippen LogP contribution in [0.4, 0.5) is 0 Å². The van der Waals surface area contributed by atoms with Gasteiger partial charge in [-0.25, -0.2) is 0 Å². The first-order valence-corrected chi connectivity index (χ1v) is 18.2. The van der Waals surface area contributed by atoms with Crippen molar-refractivity contribution in [1.29, 1.82) is 0 Å². The second-order valence-electron chi connectivity index (χ2n) is 14.4. The van der Waals surface area contributed by atoms with Gasteiger partial charge < -0.3 is 4.42 Å². The molecule has 0 fully saturated rings. The van der Waals surface area contributed by atoms with E-state index in [2.05, 4.69) is 177 Å². The fourth-order valence-electron chi connectivity index (χ4n) is 9.36. The Bertz CT molecular complexity index is 2790. The van der Waals surface area contributed by atoms with E-state index in [0.29, 0.717) is 0 Å². The van der Waals surface area contributed by atoms with Gasteiger partial charge >= 0.3 is 0 Å². The highest BCUT2D eigenvalue weighted by atomic mass is 16.3. The van der Waals surface area contributed by atoms with E-state index in [1.165, 1.54) is 72.3 Å². The Morgan fingerprint density at radius 2 is 0.865 bits per heavy atom. The number of hydrogen-bond acceptors (Lipinski definition) is 1. The first-order chi connectivity index (χ1) is 25.7. The summed E-state index contributed by atoms with van der Waals surface area (Å²) in [6.07, 6.45) is 0. The minimum atomic E-state index is -0.328. The molecule has 0 saturated carbocycles. The number of hydrogen-bond donors (Lipinski definition) is 0. The summed E-state index contributed by atoms with van der Waals surface area (Å²) in [6, 6.07) is 67.1. The average Bonchev–Trinajstić information content (AvgIpc) is 3.85. The zero-order chi connectivity index (χ0) is 34.4. The molecule has 1 aromatic heterocycles. The van der Waals surface area contributed by atoms with Crippen LogP contribution in [0, 0.1) is 0 Å². The zero-order valence-electron chi connectivity index (χ0n) is 28.8. The van der Waals surface area contributed by atoms with Crippen LogP contribution in [0.25, 0.3) is 66.4 Å². The standard InChI is InChI=1S/C51H34O/c1-32(34-23-27-36(28-24-34)38-15-10-16-44-43-14-5-9-20-49(43)52-50(38)44)33-21-25-35(26-22-33)37-29-30-42-41-13-4-8-19-47(41)51(48(42)31-37)45-17-6-2-11-39(45)40-12-3-7-18-46(40)51/h2-32H,1H3. The highest BCUT2D eigenvalue weighted by Crippen LogP contribution is 2.63. The Balaban J connectivity index is 0.941. The number of para-hydroxylation sites is 2. The van der Waals surface area contributed by atoms with Gasteiger partial charge in [0.25, 0.3) is 0 Å². The van der Waals surface area contributed by atoms with Gasteiger partial charge in [-0.3, -0.25) is 0 Å². The molecule has 8 aromatic carbocycles. The normalized spacial score (nSPS) is 13.9. The van der Waals surface area contributed by atoms with Crippen molar-refractivity contribution in [1.82, 2.24) is 0 Å². The van der Waals surface area contributed by atoms with E-state index in [4.69, 9.17) is 4.42 Å². The van der Waals surface area contributed by atoms with Crippen molar-refractivity contribution in [2.24, 2.45) is 0 Å². The Labute approximate surface area is 303 Å². The number of rotatable bonds is 4. The van der Waals surface area contributed by atoms with Crippen LogP contribution in [-0.4, -0.2) is 0 Å². The molecule has 1 atom stereocenters. The van der Waals surface area contributed by atoms with Gasteiger partial charge in [0.2, 0.25) is 0 Å². The van der Waals surface area contributed by atoms with Gasteiger partial charge in [-0.05, 0) is 84.5 Å². The van der Waals surface area contributed by atoms with Crippen molar-refractivity contribution in [3.8, 4) is 44.5 Å². The minimum absolute atomic E-state index is 0.259. The van der Waals surface area contributed by atoms with E-state index in [9.17, 15) is 0 Å². The fraction of sp³-hybridized carbons (Fsp3) is 0.0588. The summed E-state index contributed by atoms with van der Waals surface area (Å²) in [6.45, 7) is 2.30. The van der Waals surface area contributed by atoms with Crippen LogP contribution in [0.2, 0.25) is 0 Å². The average molecular weight is 663 g/mol. The molecule has 1 unspecified atom stereocenters. The second-order valence-corrected chi connectivity index (χ2v) is 14.4. The quantitative estimate of drug-likeness (QED) is 0.183. The molecule has 0 radical (unpaired) electrons. The predicted octanol–water partition coefficient (Wildman–Crippen LogP) is 13.4. The Morgan fingerprint density at radius 1 is 0.385 bits per heavy atom. The van der Waals surface area contributed by atoms with Crippen molar-refractivity contribution in [3.05, 3.63) is 215 Å². The lowest BCUT2D eigenvalue weighted by Gasteiger charge is -2.30. The molecular formula is C51H34O. The molecule has 2 aliphatic rings. The third kappa shape index (κ3) is 3.99. The number of furan rings is 1. The van der Waals surface area contributed by atoms with E-state index < -0.39 is 0 Å². The van der Waals surface area contributed by atoms with Crippen molar-refractivity contribution in [3.63, 3.8) is 0 Å². The molecule has 0 amide bonds. The number of benzene rings is 8. The van der Waals surface area contributed by atoms with Crippen LogP contribution in [0.5, 0.6) is 0 Å². The largest absolute Gasteiger partial charge is 0.455 e. The first kappa shape index (κ1) is 29.3. The van der Waals surface area contributed by atoms with E-state index in [1.54, 1.807) is 0 Å². The molecule has 2 aliphatic carbocycles. The van der Waals surface area contributed by atoms with Crippen molar-refractivity contribution in [2.75, 3.05) is 0 Å². The third-order valence-corrected chi connectivity index (χ3v) is 11.9. The van der Waals surface area contributed by atoms with Crippen LogP contribution in [-0.2, 0) is 5.41 Å². The summed E-state index contributed by atoms with van der Waals surface area (Å²) in [5.41, 5.74) is 19.8. The molecule has 0 bridgehead atoms. The lowest BCUT2D eigenvalue weighted by Crippen LogP contribution is -2.25. The molecule has 0 aliphatic heterocycles. The molecular weight excluding hydrogens is 629 g/mol. The lowest BCUT2D eigenvalue weighted by atomic mass is 9.70. The van der Waals surface area contributed by atoms with Crippen LogP contribution < -0.4 is 0 Å². The maximum absolute atomic E-state index is 6.33.